The number of hydrogen-bond acceptors (Lipinski definition) is 4. The number of thiophene rings is 1. The van der Waals surface area contributed by atoms with Crippen molar-refractivity contribution in [3.05, 3.63) is 34.7 Å². The molecule has 0 saturated carbocycles. The first-order valence-corrected chi connectivity index (χ1v) is 10.4. The highest BCUT2D eigenvalue weighted by Gasteiger charge is 2.36. The van der Waals surface area contributed by atoms with E-state index >= 15 is 0 Å². The molecule has 0 aromatic carbocycles. The number of piperidine rings is 1. The summed E-state index contributed by atoms with van der Waals surface area (Å²) in [5, 5.41) is 11.3. The number of alkyl halides is 3. The van der Waals surface area contributed by atoms with Crippen LogP contribution < -0.4 is 4.90 Å². The van der Waals surface area contributed by atoms with Crippen LogP contribution in [-0.4, -0.2) is 30.4 Å². The predicted octanol–water partition coefficient (Wildman–Crippen LogP) is 3.86. The van der Waals surface area contributed by atoms with Crippen molar-refractivity contribution >= 4 is 23.1 Å². The number of halogens is 3. The molecule has 0 aliphatic carbocycles. The molecule has 0 amide bonds. The predicted molar refractivity (Wildman–Crippen MR) is 97.4 cm³/mol. The molecule has 0 bridgehead atoms. The van der Waals surface area contributed by atoms with Crippen molar-refractivity contribution in [3.63, 3.8) is 0 Å². The summed E-state index contributed by atoms with van der Waals surface area (Å²) in [5.74, 6) is 0.655. The Balaban J connectivity index is 1.86. The van der Waals surface area contributed by atoms with Crippen LogP contribution in [0.2, 0.25) is 0 Å². The van der Waals surface area contributed by atoms with Crippen molar-refractivity contribution < 1.29 is 18.1 Å². The SMILES string of the molecule is N#Cc1c(C(F)(F)F)cc(-c2cccs2)nc1SCC[NH+]1CCCCC1. The van der Waals surface area contributed by atoms with E-state index in [4.69, 9.17) is 0 Å². The van der Waals surface area contributed by atoms with Crippen LogP contribution in [0.1, 0.15) is 30.4 Å². The van der Waals surface area contributed by atoms with E-state index < -0.39 is 11.7 Å². The standard InChI is InChI=1S/C18H18F3N3S2/c19-18(20,21)14-11-15(16-5-4-9-25-16)23-17(13(14)12-22)26-10-8-24-6-2-1-3-7-24/h4-5,9,11H,1-3,6-8,10H2/p+1. The summed E-state index contributed by atoms with van der Waals surface area (Å²) >= 11 is 2.60. The van der Waals surface area contributed by atoms with Crippen molar-refractivity contribution in [2.75, 3.05) is 25.4 Å². The minimum absolute atomic E-state index is 0.183. The molecule has 0 atom stereocenters. The summed E-state index contributed by atoms with van der Waals surface area (Å²) in [6, 6.07) is 6.23. The Labute approximate surface area is 158 Å². The molecule has 138 valence electrons. The Morgan fingerprint density at radius 3 is 2.65 bits per heavy atom. The molecule has 1 aliphatic rings. The molecule has 3 nitrogen and oxygen atoms in total. The Morgan fingerprint density at radius 2 is 2.04 bits per heavy atom. The lowest BCUT2D eigenvalue weighted by Crippen LogP contribution is -3.13. The lowest BCUT2D eigenvalue weighted by Gasteiger charge is -2.23. The average molecular weight is 398 g/mol. The first-order chi connectivity index (χ1) is 12.5. The zero-order chi connectivity index (χ0) is 18.6. The number of thioether (sulfide) groups is 1. The largest absolute Gasteiger partial charge is 0.417 e. The van der Waals surface area contributed by atoms with Crippen molar-refractivity contribution in [1.82, 2.24) is 4.98 Å². The molecular weight excluding hydrogens is 379 g/mol. The molecule has 8 heteroatoms. The zero-order valence-electron chi connectivity index (χ0n) is 14.1. The van der Waals surface area contributed by atoms with E-state index in [1.807, 2.05) is 0 Å². The van der Waals surface area contributed by atoms with Gasteiger partial charge in [0.2, 0.25) is 0 Å². The second-order valence-corrected chi connectivity index (χ2v) is 8.26. The van der Waals surface area contributed by atoms with Crippen molar-refractivity contribution in [2.45, 2.75) is 30.5 Å². The fourth-order valence-corrected chi connectivity index (χ4v) is 4.84. The Morgan fingerprint density at radius 1 is 1.27 bits per heavy atom. The van der Waals surface area contributed by atoms with Gasteiger partial charge in [-0.3, -0.25) is 0 Å². The van der Waals surface area contributed by atoms with Gasteiger partial charge in [0.25, 0.3) is 0 Å². The molecule has 3 rings (SSSR count). The second-order valence-electron chi connectivity index (χ2n) is 6.23. The van der Waals surface area contributed by atoms with E-state index in [2.05, 4.69) is 4.98 Å². The second kappa shape index (κ2) is 8.42. The maximum absolute atomic E-state index is 13.5. The van der Waals surface area contributed by atoms with Crippen LogP contribution in [0.3, 0.4) is 0 Å². The number of nitrogens with one attached hydrogen (secondary N) is 1. The van der Waals surface area contributed by atoms with Crippen LogP contribution in [0.15, 0.2) is 28.6 Å². The van der Waals surface area contributed by atoms with Gasteiger partial charge in [-0.15, -0.1) is 11.3 Å². The summed E-state index contributed by atoms with van der Waals surface area (Å²) in [7, 11) is 0. The molecule has 2 aromatic rings. The number of pyridine rings is 1. The quantitative estimate of drug-likeness (QED) is 0.778. The third kappa shape index (κ3) is 4.58. The lowest BCUT2D eigenvalue weighted by molar-refractivity contribution is -0.902. The van der Waals surface area contributed by atoms with Crippen LogP contribution in [-0.2, 0) is 6.18 Å². The molecule has 0 radical (unpaired) electrons. The highest BCUT2D eigenvalue weighted by molar-refractivity contribution is 7.99. The van der Waals surface area contributed by atoms with Crippen LogP contribution >= 0.6 is 23.1 Å². The van der Waals surface area contributed by atoms with Gasteiger partial charge in [0.1, 0.15) is 11.1 Å². The van der Waals surface area contributed by atoms with Gasteiger partial charge in [0.05, 0.1) is 41.3 Å². The normalized spacial score (nSPS) is 15.8. The van der Waals surface area contributed by atoms with Gasteiger partial charge in [-0.25, -0.2) is 4.98 Å². The van der Waals surface area contributed by atoms with Gasteiger partial charge in [-0.05, 0) is 36.8 Å². The van der Waals surface area contributed by atoms with Gasteiger partial charge < -0.3 is 4.90 Å². The molecule has 2 aromatic heterocycles. The average Bonchev–Trinajstić information content (AvgIpc) is 3.16. The zero-order valence-corrected chi connectivity index (χ0v) is 15.7. The van der Waals surface area contributed by atoms with E-state index in [1.54, 1.807) is 23.6 Å². The van der Waals surface area contributed by atoms with E-state index in [-0.39, 0.29) is 16.3 Å². The van der Waals surface area contributed by atoms with Gasteiger partial charge in [-0.2, -0.15) is 18.4 Å². The topological polar surface area (TPSA) is 41.1 Å². The minimum atomic E-state index is -4.58. The number of aromatic nitrogens is 1. The number of quaternary nitrogens is 1. The molecule has 1 saturated heterocycles. The summed E-state index contributed by atoms with van der Waals surface area (Å²) < 4.78 is 40.4. The van der Waals surface area contributed by atoms with E-state index in [0.717, 1.165) is 25.7 Å². The van der Waals surface area contributed by atoms with E-state index in [9.17, 15) is 18.4 Å². The fraction of sp³-hybridized carbons (Fsp3) is 0.444. The van der Waals surface area contributed by atoms with Gasteiger partial charge in [-0.1, -0.05) is 17.8 Å². The fourth-order valence-electron chi connectivity index (χ4n) is 3.10. The molecule has 26 heavy (non-hydrogen) atoms. The maximum Gasteiger partial charge on any atom is 0.417 e. The number of likely N-dealkylation sites (tertiary alicyclic amines) is 1. The van der Waals surface area contributed by atoms with Crippen molar-refractivity contribution in [1.29, 1.82) is 5.26 Å². The molecule has 0 spiro atoms. The number of nitriles is 1. The molecule has 1 N–H and O–H groups in total. The van der Waals surface area contributed by atoms with Gasteiger partial charge in [0.15, 0.2) is 0 Å². The van der Waals surface area contributed by atoms with Gasteiger partial charge in [0, 0.05) is 5.75 Å². The van der Waals surface area contributed by atoms with Crippen LogP contribution in [0.5, 0.6) is 0 Å². The Kier molecular flexibility index (Phi) is 6.22. The lowest BCUT2D eigenvalue weighted by atomic mass is 10.1. The molecule has 1 aliphatic heterocycles. The third-order valence-electron chi connectivity index (χ3n) is 4.43. The van der Waals surface area contributed by atoms with E-state index in [1.165, 1.54) is 47.3 Å². The summed E-state index contributed by atoms with van der Waals surface area (Å²) in [6.45, 7) is 3.10. The van der Waals surface area contributed by atoms with Gasteiger partial charge >= 0.3 is 6.18 Å². The first-order valence-electron chi connectivity index (χ1n) is 8.51. The van der Waals surface area contributed by atoms with Crippen molar-refractivity contribution in [2.24, 2.45) is 0 Å². The van der Waals surface area contributed by atoms with E-state index in [0.29, 0.717) is 10.6 Å². The molecule has 3 heterocycles. The maximum atomic E-state index is 13.5. The molecule has 1 fully saturated rings. The molecule has 0 unspecified atom stereocenters. The number of hydrogen-bond donors (Lipinski definition) is 1. The Bertz CT molecular complexity index is 776. The highest BCUT2D eigenvalue weighted by atomic mass is 32.2. The molecular formula is C18H19F3N3S2+. The van der Waals surface area contributed by atoms with Crippen LogP contribution in [0, 0.1) is 11.3 Å². The summed E-state index contributed by atoms with van der Waals surface area (Å²) in [5.41, 5.74) is -0.984. The van der Waals surface area contributed by atoms with Crippen LogP contribution in [0.25, 0.3) is 10.6 Å². The third-order valence-corrected chi connectivity index (χ3v) is 6.30. The van der Waals surface area contributed by atoms with Crippen LogP contribution in [0.4, 0.5) is 13.2 Å². The smallest absolute Gasteiger partial charge is 0.334 e. The first kappa shape index (κ1) is 19.2. The number of nitrogens with zero attached hydrogens (tertiary/aromatic N) is 2. The summed E-state index contributed by atoms with van der Waals surface area (Å²) in [6.07, 6.45) is -0.913. The monoisotopic (exact) mass is 398 g/mol. The van der Waals surface area contributed by atoms with Crippen molar-refractivity contribution in [3.8, 4) is 16.6 Å². The number of rotatable bonds is 5. The Hall–Kier alpha value is -1.56. The minimum Gasteiger partial charge on any atom is -0.334 e. The summed E-state index contributed by atoms with van der Waals surface area (Å²) in [4.78, 5) is 6.53. The highest BCUT2D eigenvalue weighted by Crippen LogP contribution is 2.38.